The molecule has 1 atom stereocenters. The first-order chi connectivity index (χ1) is 7.15. The third-order valence-electron chi connectivity index (χ3n) is 3.95. The second kappa shape index (κ2) is 4.11. The van der Waals surface area contributed by atoms with Gasteiger partial charge in [0.1, 0.15) is 0 Å². The molecule has 2 fully saturated rings. The van der Waals surface area contributed by atoms with E-state index in [1.165, 1.54) is 32.4 Å². The van der Waals surface area contributed by atoms with Gasteiger partial charge in [0.2, 0.25) is 0 Å². The number of rotatable bonds is 4. The number of likely N-dealkylation sites (N-methyl/N-ethyl adjacent to an activating group) is 1. The summed E-state index contributed by atoms with van der Waals surface area (Å²) in [4.78, 5) is 4.87. The molecule has 3 heteroatoms. The average molecular weight is 207 g/mol. The fraction of sp³-hybridized carbons (Fsp3) is 0.917. The molecule has 0 aromatic carbocycles. The van der Waals surface area contributed by atoms with Crippen molar-refractivity contribution in [2.24, 2.45) is 5.41 Å². The first-order valence-corrected chi connectivity index (χ1v) is 5.91. The molecule has 1 aliphatic heterocycles. The van der Waals surface area contributed by atoms with Gasteiger partial charge in [-0.1, -0.05) is 0 Å². The van der Waals surface area contributed by atoms with Crippen molar-refractivity contribution in [3.05, 3.63) is 0 Å². The van der Waals surface area contributed by atoms with Crippen LogP contribution in [0.2, 0.25) is 0 Å². The average Bonchev–Trinajstić information content (AvgIpc) is 2.77. The van der Waals surface area contributed by atoms with Crippen LogP contribution < -0.4 is 0 Å². The molecule has 1 aliphatic carbocycles. The fourth-order valence-electron chi connectivity index (χ4n) is 2.59. The minimum Gasteiger partial charge on any atom is -0.305 e. The number of hydrogen-bond donors (Lipinski definition) is 0. The first-order valence-electron chi connectivity index (χ1n) is 5.91. The quantitative estimate of drug-likeness (QED) is 0.696. The molecule has 1 heterocycles. The van der Waals surface area contributed by atoms with Gasteiger partial charge in [-0.2, -0.15) is 5.26 Å². The van der Waals surface area contributed by atoms with E-state index in [0.717, 1.165) is 19.0 Å². The lowest BCUT2D eigenvalue weighted by Gasteiger charge is -2.23. The molecule has 0 bridgehead atoms. The monoisotopic (exact) mass is 207 g/mol. The highest BCUT2D eigenvalue weighted by Gasteiger charge is 2.44. The lowest BCUT2D eigenvalue weighted by atomic mass is 10.0. The van der Waals surface area contributed by atoms with Crippen molar-refractivity contribution < 1.29 is 0 Å². The Hall–Kier alpha value is -0.590. The van der Waals surface area contributed by atoms with E-state index in [0.29, 0.717) is 5.41 Å². The highest BCUT2D eigenvalue weighted by Crippen LogP contribution is 2.49. The Bertz CT molecular complexity index is 263. The zero-order valence-corrected chi connectivity index (χ0v) is 9.87. The van der Waals surface area contributed by atoms with Gasteiger partial charge in [-0.25, -0.2) is 0 Å². The number of hydrogen-bond acceptors (Lipinski definition) is 3. The lowest BCUT2D eigenvalue weighted by molar-refractivity contribution is 0.234. The molecule has 1 unspecified atom stereocenters. The van der Waals surface area contributed by atoms with Crippen LogP contribution in [0.25, 0.3) is 0 Å². The fourth-order valence-corrected chi connectivity index (χ4v) is 2.59. The van der Waals surface area contributed by atoms with E-state index in [2.05, 4.69) is 30.0 Å². The first kappa shape index (κ1) is 10.9. The molecule has 15 heavy (non-hydrogen) atoms. The molecular formula is C12H21N3. The van der Waals surface area contributed by atoms with Gasteiger partial charge >= 0.3 is 0 Å². The second-order valence-corrected chi connectivity index (χ2v) is 5.48. The molecule has 0 aromatic rings. The van der Waals surface area contributed by atoms with E-state index in [4.69, 9.17) is 5.26 Å². The van der Waals surface area contributed by atoms with Gasteiger partial charge in [-0.3, -0.25) is 0 Å². The summed E-state index contributed by atoms with van der Waals surface area (Å²) in [6.45, 7) is 3.57. The maximum atomic E-state index is 8.78. The van der Waals surface area contributed by atoms with Crippen molar-refractivity contribution in [1.82, 2.24) is 9.80 Å². The van der Waals surface area contributed by atoms with Gasteiger partial charge in [0.25, 0.3) is 0 Å². The molecule has 3 nitrogen and oxygen atoms in total. The summed E-state index contributed by atoms with van der Waals surface area (Å²) in [6, 6.07) is 3.07. The van der Waals surface area contributed by atoms with Crippen LogP contribution in [0.4, 0.5) is 0 Å². The van der Waals surface area contributed by atoms with Gasteiger partial charge in [-0.05, 0) is 45.3 Å². The summed E-state index contributed by atoms with van der Waals surface area (Å²) in [6.07, 6.45) is 4.58. The Morgan fingerprint density at radius 3 is 2.67 bits per heavy atom. The largest absolute Gasteiger partial charge is 0.305 e. The van der Waals surface area contributed by atoms with Crippen LogP contribution in [0.15, 0.2) is 0 Å². The van der Waals surface area contributed by atoms with E-state index < -0.39 is 0 Å². The number of nitriles is 1. The maximum absolute atomic E-state index is 8.78. The van der Waals surface area contributed by atoms with Crippen LogP contribution in [0, 0.1) is 16.7 Å². The Balaban J connectivity index is 1.80. The Kier molecular flexibility index (Phi) is 2.99. The molecule has 0 aromatic heterocycles. The minimum atomic E-state index is 0.385. The highest BCUT2D eigenvalue weighted by atomic mass is 15.2. The topological polar surface area (TPSA) is 30.3 Å². The van der Waals surface area contributed by atoms with Crippen molar-refractivity contribution in [3.63, 3.8) is 0 Å². The Labute approximate surface area is 92.7 Å². The third kappa shape index (κ3) is 2.50. The van der Waals surface area contributed by atoms with E-state index in [1.807, 2.05) is 0 Å². The van der Waals surface area contributed by atoms with Crippen LogP contribution in [-0.4, -0.2) is 49.6 Å². The molecular weight excluding hydrogens is 186 g/mol. The Morgan fingerprint density at radius 2 is 2.20 bits per heavy atom. The lowest BCUT2D eigenvalue weighted by Crippen LogP contribution is -2.34. The summed E-state index contributed by atoms with van der Waals surface area (Å²) < 4.78 is 0. The maximum Gasteiger partial charge on any atom is 0.0628 e. The normalized spacial score (nSPS) is 29.3. The van der Waals surface area contributed by atoms with Crippen molar-refractivity contribution in [2.75, 3.05) is 33.7 Å². The van der Waals surface area contributed by atoms with Gasteiger partial charge in [0.15, 0.2) is 0 Å². The molecule has 2 rings (SSSR count). The second-order valence-electron chi connectivity index (χ2n) is 5.48. The van der Waals surface area contributed by atoms with E-state index in [1.54, 1.807) is 0 Å². The number of nitrogens with zero attached hydrogens (tertiary/aromatic N) is 3. The number of likely N-dealkylation sites (tertiary alicyclic amines) is 1. The zero-order chi connectivity index (χ0) is 10.9. The molecule has 2 aliphatic rings. The summed E-state index contributed by atoms with van der Waals surface area (Å²) >= 11 is 0. The van der Waals surface area contributed by atoms with Gasteiger partial charge in [0, 0.05) is 25.6 Å². The van der Waals surface area contributed by atoms with Crippen LogP contribution in [0.3, 0.4) is 0 Å². The zero-order valence-electron chi connectivity index (χ0n) is 9.87. The molecule has 0 radical (unpaired) electrons. The van der Waals surface area contributed by atoms with Crippen LogP contribution >= 0.6 is 0 Å². The smallest absolute Gasteiger partial charge is 0.0628 e. The van der Waals surface area contributed by atoms with E-state index in [-0.39, 0.29) is 0 Å². The summed E-state index contributed by atoms with van der Waals surface area (Å²) in [7, 11) is 4.33. The van der Waals surface area contributed by atoms with E-state index in [9.17, 15) is 0 Å². The van der Waals surface area contributed by atoms with Crippen LogP contribution in [0.5, 0.6) is 0 Å². The van der Waals surface area contributed by atoms with Crippen molar-refractivity contribution >= 4 is 0 Å². The standard InChI is InChI=1S/C12H21N3/c1-14(2)11-3-8-15(9-11)10-12(4-5-12)6-7-13/h11H,3-6,8-10H2,1-2H3. The minimum absolute atomic E-state index is 0.385. The Morgan fingerprint density at radius 1 is 1.47 bits per heavy atom. The molecule has 84 valence electrons. The SMILES string of the molecule is CN(C)C1CCN(CC2(CC#N)CC2)C1. The van der Waals surface area contributed by atoms with Gasteiger partial charge < -0.3 is 9.80 Å². The van der Waals surface area contributed by atoms with Crippen LogP contribution in [0.1, 0.15) is 25.7 Å². The molecule has 0 amide bonds. The summed E-state index contributed by atoms with van der Waals surface area (Å²) in [5, 5.41) is 8.78. The summed E-state index contributed by atoms with van der Waals surface area (Å²) in [5.74, 6) is 0. The van der Waals surface area contributed by atoms with E-state index >= 15 is 0 Å². The van der Waals surface area contributed by atoms with Crippen molar-refractivity contribution in [3.8, 4) is 6.07 Å². The molecule has 0 N–H and O–H groups in total. The van der Waals surface area contributed by atoms with Crippen molar-refractivity contribution in [2.45, 2.75) is 31.7 Å². The molecule has 0 spiro atoms. The predicted molar refractivity (Wildman–Crippen MR) is 60.4 cm³/mol. The predicted octanol–water partition coefficient (Wildman–Crippen LogP) is 1.32. The van der Waals surface area contributed by atoms with Crippen molar-refractivity contribution in [1.29, 1.82) is 5.26 Å². The highest BCUT2D eigenvalue weighted by molar-refractivity contribution is 5.02. The van der Waals surface area contributed by atoms with Gasteiger partial charge in [-0.15, -0.1) is 0 Å². The molecule has 1 saturated carbocycles. The third-order valence-corrected chi connectivity index (χ3v) is 3.95. The van der Waals surface area contributed by atoms with Gasteiger partial charge in [0.05, 0.1) is 6.07 Å². The molecule has 1 saturated heterocycles. The van der Waals surface area contributed by atoms with Crippen LogP contribution in [-0.2, 0) is 0 Å². The summed E-state index contributed by atoms with van der Waals surface area (Å²) in [5.41, 5.74) is 0.385.